The van der Waals surface area contributed by atoms with Gasteiger partial charge >= 0.3 is 5.97 Å². The first-order chi connectivity index (χ1) is 8.56. The quantitative estimate of drug-likeness (QED) is 0.792. The second kappa shape index (κ2) is 5.48. The number of hydrogen-bond donors (Lipinski definition) is 0. The van der Waals surface area contributed by atoms with E-state index in [9.17, 15) is 4.79 Å². The molecular formula is C13H15ClO4. The second-order valence-corrected chi connectivity index (χ2v) is 4.71. The van der Waals surface area contributed by atoms with Gasteiger partial charge in [-0.3, -0.25) is 4.79 Å². The van der Waals surface area contributed by atoms with E-state index in [-0.39, 0.29) is 18.5 Å². The van der Waals surface area contributed by atoms with Gasteiger partial charge in [0.1, 0.15) is 13.2 Å². The average molecular weight is 271 g/mol. The summed E-state index contributed by atoms with van der Waals surface area (Å²) in [6, 6.07) is 3.41. The minimum atomic E-state index is -0.302. The van der Waals surface area contributed by atoms with E-state index in [1.165, 1.54) is 0 Å². The number of esters is 1. The maximum Gasteiger partial charge on any atom is 0.310 e. The minimum absolute atomic E-state index is 0.131. The fraction of sp³-hybridized carbons (Fsp3) is 0.462. The molecule has 0 aromatic heterocycles. The summed E-state index contributed by atoms with van der Waals surface area (Å²) in [5, 5.41) is 0.486. The Morgan fingerprint density at radius 3 is 2.56 bits per heavy atom. The van der Waals surface area contributed by atoms with Gasteiger partial charge in [-0.1, -0.05) is 11.6 Å². The molecule has 5 heteroatoms. The van der Waals surface area contributed by atoms with E-state index >= 15 is 0 Å². The molecule has 2 rings (SSSR count). The van der Waals surface area contributed by atoms with Crippen LogP contribution < -0.4 is 9.47 Å². The van der Waals surface area contributed by atoms with Gasteiger partial charge in [-0.15, -0.1) is 0 Å². The topological polar surface area (TPSA) is 44.8 Å². The molecule has 0 saturated heterocycles. The van der Waals surface area contributed by atoms with Gasteiger partial charge < -0.3 is 14.2 Å². The third kappa shape index (κ3) is 3.07. The van der Waals surface area contributed by atoms with Crippen molar-refractivity contribution in [2.24, 2.45) is 0 Å². The van der Waals surface area contributed by atoms with Crippen molar-refractivity contribution < 1.29 is 19.0 Å². The van der Waals surface area contributed by atoms with Gasteiger partial charge in [-0.25, -0.2) is 0 Å². The summed E-state index contributed by atoms with van der Waals surface area (Å²) in [5.74, 6) is 0.939. The van der Waals surface area contributed by atoms with Crippen LogP contribution in [0.15, 0.2) is 12.1 Å². The molecule has 1 aromatic carbocycles. The van der Waals surface area contributed by atoms with Crippen molar-refractivity contribution in [2.75, 3.05) is 13.2 Å². The van der Waals surface area contributed by atoms with Crippen LogP contribution in [0.2, 0.25) is 5.02 Å². The van der Waals surface area contributed by atoms with Crippen molar-refractivity contribution in [3.63, 3.8) is 0 Å². The van der Waals surface area contributed by atoms with E-state index in [0.717, 1.165) is 0 Å². The Bertz CT molecular complexity index is 457. The summed E-state index contributed by atoms with van der Waals surface area (Å²) in [6.07, 6.45) is 0.00156. The summed E-state index contributed by atoms with van der Waals surface area (Å²) in [7, 11) is 0. The maximum atomic E-state index is 11.6. The summed E-state index contributed by atoms with van der Waals surface area (Å²) in [6.45, 7) is 4.63. The van der Waals surface area contributed by atoms with Gasteiger partial charge in [0.05, 0.1) is 12.5 Å². The Balaban J connectivity index is 2.15. The highest BCUT2D eigenvalue weighted by Gasteiger charge is 2.17. The molecule has 0 spiro atoms. The molecule has 0 aliphatic carbocycles. The summed E-state index contributed by atoms with van der Waals surface area (Å²) in [4.78, 5) is 11.6. The Kier molecular flexibility index (Phi) is 3.97. The average Bonchev–Trinajstić information content (AvgIpc) is 2.29. The maximum absolute atomic E-state index is 11.6. The van der Waals surface area contributed by atoms with E-state index in [2.05, 4.69) is 0 Å². The molecule has 1 aromatic rings. The SMILES string of the molecule is CC(C)OC(=O)Cc1cc2c(cc1Cl)OCCO2. The van der Waals surface area contributed by atoms with Gasteiger partial charge in [0.15, 0.2) is 11.5 Å². The van der Waals surface area contributed by atoms with E-state index < -0.39 is 0 Å². The van der Waals surface area contributed by atoms with Crippen molar-refractivity contribution in [2.45, 2.75) is 26.4 Å². The molecule has 4 nitrogen and oxygen atoms in total. The van der Waals surface area contributed by atoms with Gasteiger partial charge in [0.25, 0.3) is 0 Å². The van der Waals surface area contributed by atoms with Crippen LogP contribution in [0.1, 0.15) is 19.4 Å². The van der Waals surface area contributed by atoms with E-state index in [0.29, 0.717) is 35.3 Å². The number of rotatable bonds is 3. The van der Waals surface area contributed by atoms with Crippen LogP contribution in [0.3, 0.4) is 0 Å². The Morgan fingerprint density at radius 1 is 1.33 bits per heavy atom. The van der Waals surface area contributed by atoms with Crippen molar-refractivity contribution in [1.29, 1.82) is 0 Å². The van der Waals surface area contributed by atoms with Gasteiger partial charge in [0.2, 0.25) is 0 Å². The summed E-state index contributed by atoms with van der Waals surface area (Å²) < 4.78 is 15.9. The third-order valence-corrected chi connectivity index (χ3v) is 2.77. The Hall–Kier alpha value is -1.42. The van der Waals surface area contributed by atoms with Crippen molar-refractivity contribution >= 4 is 17.6 Å². The molecular weight excluding hydrogens is 256 g/mol. The molecule has 0 N–H and O–H groups in total. The first-order valence-corrected chi connectivity index (χ1v) is 6.21. The molecule has 0 radical (unpaired) electrons. The predicted molar refractivity (Wildman–Crippen MR) is 67.4 cm³/mol. The first kappa shape index (κ1) is 13.0. The summed E-state index contributed by atoms with van der Waals surface area (Å²) in [5.41, 5.74) is 0.687. The van der Waals surface area contributed by atoms with Crippen LogP contribution in [0.5, 0.6) is 11.5 Å². The largest absolute Gasteiger partial charge is 0.486 e. The predicted octanol–water partition coefficient (Wildman–Crippen LogP) is 2.61. The van der Waals surface area contributed by atoms with Crippen LogP contribution in [0, 0.1) is 0 Å². The molecule has 0 atom stereocenters. The van der Waals surface area contributed by atoms with Crippen LogP contribution in [-0.4, -0.2) is 25.3 Å². The number of hydrogen-bond acceptors (Lipinski definition) is 4. The molecule has 1 aliphatic rings. The molecule has 98 valence electrons. The van der Waals surface area contributed by atoms with Crippen LogP contribution in [0.25, 0.3) is 0 Å². The normalized spacial score (nSPS) is 13.6. The minimum Gasteiger partial charge on any atom is -0.486 e. The van der Waals surface area contributed by atoms with E-state index in [4.69, 9.17) is 25.8 Å². The molecule has 1 aliphatic heterocycles. The van der Waals surface area contributed by atoms with Gasteiger partial charge in [0, 0.05) is 11.1 Å². The highest BCUT2D eigenvalue weighted by molar-refractivity contribution is 6.31. The molecule has 1 heterocycles. The molecule has 0 bridgehead atoms. The molecule has 0 fully saturated rings. The molecule has 0 amide bonds. The number of carbonyl (C=O) groups excluding carboxylic acids is 1. The molecule has 0 unspecified atom stereocenters. The fourth-order valence-corrected chi connectivity index (χ4v) is 1.92. The number of fused-ring (bicyclic) bond motifs is 1. The lowest BCUT2D eigenvalue weighted by molar-refractivity contribution is -0.146. The zero-order valence-corrected chi connectivity index (χ0v) is 11.1. The monoisotopic (exact) mass is 270 g/mol. The van der Waals surface area contributed by atoms with Crippen LogP contribution >= 0.6 is 11.6 Å². The smallest absolute Gasteiger partial charge is 0.310 e. The van der Waals surface area contributed by atoms with Crippen molar-refractivity contribution in [3.8, 4) is 11.5 Å². The van der Waals surface area contributed by atoms with Crippen LogP contribution in [-0.2, 0) is 16.0 Å². The standard InChI is InChI=1S/C13H15ClO4/c1-8(2)18-13(15)6-9-5-11-12(7-10(9)14)17-4-3-16-11/h5,7-8H,3-4,6H2,1-2H3. The lowest BCUT2D eigenvalue weighted by Crippen LogP contribution is -2.17. The van der Waals surface area contributed by atoms with Crippen molar-refractivity contribution in [1.82, 2.24) is 0 Å². The van der Waals surface area contributed by atoms with E-state index in [1.807, 2.05) is 13.8 Å². The Morgan fingerprint density at radius 2 is 1.94 bits per heavy atom. The highest BCUT2D eigenvalue weighted by atomic mass is 35.5. The second-order valence-electron chi connectivity index (χ2n) is 4.30. The highest BCUT2D eigenvalue weighted by Crippen LogP contribution is 2.35. The lowest BCUT2D eigenvalue weighted by Gasteiger charge is -2.19. The Labute approximate surface area is 111 Å². The van der Waals surface area contributed by atoms with Gasteiger partial charge in [-0.2, -0.15) is 0 Å². The number of benzene rings is 1. The number of halogens is 1. The van der Waals surface area contributed by atoms with Gasteiger partial charge in [-0.05, 0) is 25.5 Å². The van der Waals surface area contributed by atoms with E-state index in [1.54, 1.807) is 12.1 Å². The molecule has 0 saturated carbocycles. The summed E-state index contributed by atoms with van der Waals surface area (Å²) >= 11 is 6.10. The zero-order valence-electron chi connectivity index (χ0n) is 10.4. The zero-order chi connectivity index (χ0) is 13.1. The van der Waals surface area contributed by atoms with Crippen molar-refractivity contribution in [3.05, 3.63) is 22.7 Å². The fourth-order valence-electron chi connectivity index (χ4n) is 1.70. The number of ether oxygens (including phenoxy) is 3. The number of carbonyl (C=O) groups is 1. The lowest BCUT2D eigenvalue weighted by atomic mass is 10.1. The molecule has 18 heavy (non-hydrogen) atoms. The van der Waals surface area contributed by atoms with Crippen LogP contribution in [0.4, 0.5) is 0 Å². The first-order valence-electron chi connectivity index (χ1n) is 5.84. The third-order valence-electron chi connectivity index (χ3n) is 2.41.